The Labute approximate surface area is 337 Å². The second-order valence-electron chi connectivity index (χ2n) is 13.8. The molecule has 0 saturated heterocycles. The number of hydrogen-bond acceptors (Lipinski definition) is 6. The molecule has 0 aromatic rings. The highest BCUT2D eigenvalue weighted by molar-refractivity contribution is 5.71. The van der Waals surface area contributed by atoms with Gasteiger partial charge in [-0.1, -0.05) is 157 Å². The van der Waals surface area contributed by atoms with Gasteiger partial charge in [-0.2, -0.15) is 0 Å². The molecular weight excluding hydrogens is 685 g/mol. The number of allylic oxidation sites excluding steroid dienone is 16. The van der Waals surface area contributed by atoms with Gasteiger partial charge in [-0.25, -0.2) is 0 Å². The standard InChI is InChI=1S/C49H78O6/c1-4-7-10-13-15-17-19-21-23-24-26-27-29-31-33-36-39-42-48(51)54-45-46(44-53-47(50)41-38-35-12-9-6-3)55-49(52)43-40-37-34-32-30-28-25-22-20-18-16-14-11-8-5-2/h7-8,10-11,15-18,21-23,25-27,30,32,46H,4-6,9,12-14,19-20,24,28-29,31,33-45H2,1-3H3/b10-7-,11-8-,17-15-,18-16-,23-21-,25-22-,27-26-,32-30-. The van der Waals surface area contributed by atoms with Crippen molar-refractivity contribution in [2.45, 2.75) is 181 Å². The van der Waals surface area contributed by atoms with Crippen molar-refractivity contribution in [1.82, 2.24) is 0 Å². The molecule has 0 amide bonds. The third kappa shape index (κ3) is 41.3. The van der Waals surface area contributed by atoms with Crippen LogP contribution < -0.4 is 0 Å². The molecule has 0 aromatic heterocycles. The number of unbranched alkanes of at least 4 members (excludes halogenated alkanes) is 10. The Morgan fingerprint density at radius 3 is 1.13 bits per heavy atom. The summed E-state index contributed by atoms with van der Waals surface area (Å²) in [4.78, 5) is 37.4. The molecule has 310 valence electrons. The van der Waals surface area contributed by atoms with Gasteiger partial charge in [0.1, 0.15) is 13.2 Å². The van der Waals surface area contributed by atoms with Crippen LogP contribution in [0.5, 0.6) is 0 Å². The minimum Gasteiger partial charge on any atom is -0.462 e. The predicted molar refractivity (Wildman–Crippen MR) is 233 cm³/mol. The second kappa shape index (κ2) is 43.1. The van der Waals surface area contributed by atoms with Gasteiger partial charge in [0.2, 0.25) is 0 Å². The molecule has 1 atom stereocenters. The number of hydrogen-bond donors (Lipinski definition) is 0. The van der Waals surface area contributed by atoms with E-state index in [1.165, 1.54) is 0 Å². The van der Waals surface area contributed by atoms with Crippen LogP contribution in [0.1, 0.15) is 175 Å². The van der Waals surface area contributed by atoms with Gasteiger partial charge in [0.25, 0.3) is 0 Å². The minimum absolute atomic E-state index is 0.105. The van der Waals surface area contributed by atoms with Crippen LogP contribution in [0.4, 0.5) is 0 Å². The van der Waals surface area contributed by atoms with Gasteiger partial charge in [-0.05, 0) is 96.3 Å². The Bertz CT molecular complexity index is 1150. The lowest BCUT2D eigenvalue weighted by Gasteiger charge is -2.18. The van der Waals surface area contributed by atoms with Crippen LogP contribution in [-0.2, 0) is 28.6 Å². The third-order valence-corrected chi connectivity index (χ3v) is 8.58. The molecule has 0 aliphatic heterocycles. The second-order valence-corrected chi connectivity index (χ2v) is 13.8. The Morgan fingerprint density at radius 2 is 0.709 bits per heavy atom. The first kappa shape index (κ1) is 51.3. The zero-order chi connectivity index (χ0) is 40.1. The molecule has 0 bridgehead atoms. The number of carbonyl (C=O) groups excluding carboxylic acids is 3. The van der Waals surface area contributed by atoms with E-state index in [1.54, 1.807) is 0 Å². The molecule has 0 aliphatic rings. The van der Waals surface area contributed by atoms with Crippen LogP contribution in [-0.4, -0.2) is 37.2 Å². The van der Waals surface area contributed by atoms with Crippen molar-refractivity contribution in [3.8, 4) is 0 Å². The van der Waals surface area contributed by atoms with E-state index in [4.69, 9.17) is 14.2 Å². The van der Waals surface area contributed by atoms with Crippen molar-refractivity contribution < 1.29 is 28.6 Å². The minimum atomic E-state index is -0.805. The number of esters is 3. The van der Waals surface area contributed by atoms with E-state index in [2.05, 4.69) is 118 Å². The lowest BCUT2D eigenvalue weighted by atomic mass is 10.1. The molecule has 0 N–H and O–H groups in total. The molecule has 0 saturated carbocycles. The van der Waals surface area contributed by atoms with E-state index in [1.807, 2.05) is 0 Å². The molecule has 6 heteroatoms. The van der Waals surface area contributed by atoms with E-state index in [0.29, 0.717) is 19.3 Å². The number of ether oxygens (including phenoxy) is 3. The Balaban J connectivity index is 4.38. The molecule has 6 nitrogen and oxygen atoms in total. The summed E-state index contributed by atoms with van der Waals surface area (Å²) in [5.74, 6) is -0.998. The van der Waals surface area contributed by atoms with Crippen LogP contribution in [0.2, 0.25) is 0 Å². The first-order valence-electron chi connectivity index (χ1n) is 21.7. The van der Waals surface area contributed by atoms with Crippen LogP contribution in [0.3, 0.4) is 0 Å². The molecule has 0 aliphatic carbocycles. The molecule has 0 fully saturated rings. The zero-order valence-corrected chi connectivity index (χ0v) is 35.1. The molecule has 0 heterocycles. The Kier molecular flexibility index (Phi) is 40.2. The molecule has 55 heavy (non-hydrogen) atoms. The van der Waals surface area contributed by atoms with E-state index >= 15 is 0 Å². The van der Waals surface area contributed by atoms with Gasteiger partial charge in [0.05, 0.1) is 0 Å². The van der Waals surface area contributed by atoms with Gasteiger partial charge >= 0.3 is 17.9 Å². The SMILES string of the molecule is CC/C=C\C/C=C\C/C=C\C/C=C\CCCCCCC(=O)OCC(COC(=O)CCCCCCC)OC(=O)CCCC/C=C\C/C=C\C/C=C\C/C=C\CC. The van der Waals surface area contributed by atoms with Gasteiger partial charge in [0.15, 0.2) is 6.10 Å². The van der Waals surface area contributed by atoms with E-state index < -0.39 is 6.10 Å². The summed E-state index contributed by atoms with van der Waals surface area (Å²) in [5, 5.41) is 0. The lowest BCUT2D eigenvalue weighted by molar-refractivity contribution is -0.167. The molecule has 1 unspecified atom stereocenters. The predicted octanol–water partition coefficient (Wildman–Crippen LogP) is 13.9. The number of rotatable bonds is 37. The topological polar surface area (TPSA) is 78.9 Å². The highest BCUT2D eigenvalue weighted by atomic mass is 16.6. The fraction of sp³-hybridized carbons (Fsp3) is 0.612. The Morgan fingerprint density at radius 1 is 0.382 bits per heavy atom. The first-order chi connectivity index (χ1) is 27.0. The Hall–Kier alpha value is -3.67. The average molecular weight is 763 g/mol. The monoisotopic (exact) mass is 763 g/mol. The smallest absolute Gasteiger partial charge is 0.306 e. The maximum absolute atomic E-state index is 12.6. The fourth-order valence-corrected chi connectivity index (χ4v) is 5.36. The first-order valence-corrected chi connectivity index (χ1v) is 21.7. The quantitative estimate of drug-likeness (QED) is 0.0271. The molecule has 0 rings (SSSR count). The van der Waals surface area contributed by atoms with Crippen LogP contribution >= 0.6 is 0 Å². The number of carbonyl (C=O) groups is 3. The van der Waals surface area contributed by atoms with E-state index in [0.717, 1.165) is 128 Å². The van der Waals surface area contributed by atoms with Gasteiger partial charge in [-0.15, -0.1) is 0 Å². The lowest BCUT2D eigenvalue weighted by Crippen LogP contribution is -2.30. The van der Waals surface area contributed by atoms with Crippen LogP contribution in [0, 0.1) is 0 Å². The summed E-state index contributed by atoms with van der Waals surface area (Å²) >= 11 is 0. The molecule has 0 spiro atoms. The normalized spacial score (nSPS) is 13.0. The van der Waals surface area contributed by atoms with Gasteiger partial charge in [0, 0.05) is 19.3 Å². The largest absolute Gasteiger partial charge is 0.462 e. The third-order valence-electron chi connectivity index (χ3n) is 8.58. The zero-order valence-electron chi connectivity index (χ0n) is 35.1. The van der Waals surface area contributed by atoms with Crippen LogP contribution in [0.25, 0.3) is 0 Å². The van der Waals surface area contributed by atoms with Crippen molar-refractivity contribution in [2.75, 3.05) is 13.2 Å². The van der Waals surface area contributed by atoms with Crippen molar-refractivity contribution in [1.29, 1.82) is 0 Å². The highest BCUT2D eigenvalue weighted by Gasteiger charge is 2.19. The summed E-state index contributed by atoms with van der Waals surface area (Å²) in [6.07, 6.45) is 55.6. The van der Waals surface area contributed by atoms with Gasteiger partial charge in [-0.3, -0.25) is 14.4 Å². The molecular formula is C49H78O6. The molecule has 0 radical (unpaired) electrons. The van der Waals surface area contributed by atoms with Crippen molar-refractivity contribution in [3.63, 3.8) is 0 Å². The summed E-state index contributed by atoms with van der Waals surface area (Å²) in [6, 6.07) is 0. The van der Waals surface area contributed by atoms with E-state index in [9.17, 15) is 14.4 Å². The maximum atomic E-state index is 12.6. The van der Waals surface area contributed by atoms with Crippen molar-refractivity contribution >= 4 is 17.9 Å². The van der Waals surface area contributed by atoms with Crippen LogP contribution in [0.15, 0.2) is 97.2 Å². The summed E-state index contributed by atoms with van der Waals surface area (Å²) in [6.45, 7) is 6.23. The van der Waals surface area contributed by atoms with E-state index in [-0.39, 0.29) is 37.5 Å². The summed E-state index contributed by atoms with van der Waals surface area (Å²) in [5.41, 5.74) is 0. The van der Waals surface area contributed by atoms with Crippen molar-refractivity contribution in [3.05, 3.63) is 97.2 Å². The maximum Gasteiger partial charge on any atom is 0.306 e. The van der Waals surface area contributed by atoms with Crippen molar-refractivity contribution in [2.24, 2.45) is 0 Å². The fourth-order valence-electron chi connectivity index (χ4n) is 5.36. The average Bonchev–Trinajstić information content (AvgIpc) is 3.18. The molecule has 0 aromatic carbocycles. The van der Waals surface area contributed by atoms with Gasteiger partial charge < -0.3 is 14.2 Å². The highest BCUT2D eigenvalue weighted by Crippen LogP contribution is 2.11. The summed E-state index contributed by atoms with van der Waals surface area (Å²) < 4.78 is 16.5. The summed E-state index contributed by atoms with van der Waals surface area (Å²) in [7, 11) is 0.